The van der Waals surface area contributed by atoms with Crippen LogP contribution in [-0.4, -0.2) is 56.8 Å². The highest BCUT2D eigenvalue weighted by Gasteiger charge is 2.36. The van der Waals surface area contributed by atoms with Crippen LogP contribution in [-0.2, 0) is 22.6 Å². The van der Waals surface area contributed by atoms with Gasteiger partial charge in [0.05, 0.1) is 18.8 Å². The summed E-state index contributed by atoms with van der Waals surface area (Å²) in [6.45, 7) is 8.09. The quantitative estimate of drug-likeness (QED) is 0.490. The van der Waals surface area contributed by atoms with Crippen LogP contribution < -0.4 is 10.6 Å². The average Bonchev–Trinajstić information content (AvgIpc) is 2.88. The van der Waals surface area contributed by atoms with E-state index in [1.165, 1.54) is 30.5 Å². The van der Waals surface area contributed by atoms with Gasteiger partial charge in [0, 0.05) is 52.2 Å². The van der Waals surface area contributed by atoms with Crippen molar-refractivity contribution in [2.75, 3.05) is 41.0 Å². The Bertz CT molecular complexity index is 593. The van der Waals surface area contributed by atoms with Crippen molar-refractivity contribution in [2.24, 2.45) is 10.4 Å². The summed E-state index contributed by atoms with van der Waals surface area (Å²) in [5, 5.41) is 11.6. The van der Waals surface area contributed by atoms with Crippen molar-refractivity contribution in [3.63, 3.8) is 0 Å². The van der Waals surface area contributed by atoms with E-state index in [4.69, 9.17) is 9.47 Å². The van der Waals surface area contributed by atoms with Crippen molar-refractivity contribution >= 4 is 5.96 Å². The molecule has 1 heterocycles. The van der Waals surface area contributed by atoms with E-state index in [-0.39, 0.29) is 0 Å². The molecule has 0 amide bonds. The van der Waals surface area contributed by atoms with E-state index in [0.29, 0.717) is 12.0 Å². The number of hydrogen-bond acceptors (Lipinski definition) is 4. The van der Waals surface area contributed by atoms with Crippen molar-refractivity contribution in [1.29, 1.82) is 0 Å². The van der Waals surface area contributed by atoms with Gasteiger partial charge in [-0.25, -0.2) is 0 Å². The van der Waals surface area contributed by atoms with Crippen LogP contribution in [0.25, 0.3) is 0 Å². The maximum atomic E-state index is 5.28. The van der Waals surface area contributed by atoms with Crippen LogP contribution in [0.4, 0.5) is 0 Å². The van der Waals surface area contributed by atoms with E-state index < -0.39 is 0 Å². The lowest BCUT2D eigenvalue weighted by Crippen LogP contribution is -2.46. The highest BCUT2D eigenvalue weighted by molar-refractivity contribution is 5.79. The normalized spacial score (nSPS) is 16.4. The third-order valence-electron chi connectivity index (χ3n) is 5.58. The summed E-state index contributed by atoms with van der Waals surface area (Å²) < 4.78 is 12.4. The van der Waals surface area contributed by atoms with E-state index in [2.05, 4.69) is 34.6 Å². The van der Waals surface area contributed by atoms with Crippen LogP contribution >= 0.6 is 0 Å². The molecule has 1 aliphatic carbocycles. The number of rotatable bonds is 10. The minimum absolute atomic E-state index is 0.366. The van der Waals surface area contributed by atoms with Gasteiger partial charge in [-0.1, -0.05) is 6.42 Å². The van der Waals surface area contributed by atoms with Crippen LogP contribution in [0.5, 0.6) is 0 Å². The molecule has 0 bridgehead atoms. The van der Waals surface area contributed by atoms with Gasteiger partial charge in [-0.3, -0.25) is 9.67 Å². The number of aromatic nitrogens is 2. The maximum Gasteiger partial charge on any atom is 0.191 e. The smallest absolute Gasteiger partial charge is 0.191 e. The van der Waals surface area contributed by atoms with Crippen molar-refractivity contribution in [3.8, 4) is 0 Å². The summed E-state index contributed by atoms with van der Waals surface area (Å²) in [5.74, 6) is 0.845. The molecule has 0 saturated heterocycles. The van der Waals surface area contributed by atoms with E-state index in [1.54, 1.807) is 14.2 Å². The van der Waals surface area contributed by atoms with Crippen LogP contribution in [0.15, 0.2) is 4.99 Å². The molecule has 1 aliphatic rings. The third kappa shape index (κ3) is 5.20. The first-order valence-corrected chi connectivity index (χ1v) is 9.50. The Morgan fingerprint density at radius 2 is 1.92 bits per heavy atom. The lowest BCUT2D eigenvalue weighted by molar-refractivity contribution is 0.0732. The molecule has 1 aromatic rings. The van der Waals surface area contributed by atoms with Gasteiger partial charge >= 0.3 is 0 Å². The maximum absolute atomic E-state index is 5.28. The van der Waals surface area contributed by atoms with E-state index in [0.717, 1.165) is 44.3 Å². The van der Waals surface area contributed by atoms with E-state index in [1.807, 2.05) is 11.7 Å². The first-order valence-electron chi connectivity index (χ1n) is 9.50. The summed E-state index contributed by atoms with van der Waals surface area (Å²) in [4.78, 5) is 4.38. The minimum Gasteiger partial charge on any atom is -0.385 e. The summed E-state index contributed by atoms with van der Waals surface area (Å²) >= 11 is 0. The zero-order valence-electron chi connectivity index (χ0n) is 17.0. The molecule has 26 heavy (non-hydrogen) atoms. The number of aryl methyl sites for hydroxylation is 1. The zero-order valence-corrected chi connectivity index (χ0v) is 17.0. The van der Waals surface area contributed by atoms with Crippen molar-refractivity contribution < 1.29 is 9.47 Å². The molecule has 148 valence electrons. The second kappa shape index (κ2) is 9.92. The standard InChI is InChI=1S/C19H35N5O2/c1-15-17(16(2)24(23-15)10-12-26-5)13-21-18(20-3)22-14-19(7-6-8-19)9-11-25-4/h6-14H2,1-5H3,(H2,20,21,22). The molecule has 0 unspecified atom stereocenters. The number of guanidine groups is 1. The first kappa shape index (κ1) is 20.7. The molecule has 0 atom stereocenters. The largest absolute Gasteiger partial charge is 0.385 e. The molecule has 0 aromatic carbocycles. The molecule has 2 N–H and O–H groups in total. The monoisotopic (exact) mass is 365 g/mol. The fourth-order valence-electron chi connectivity index (χ4n) is 3.56. The Morgan fingerprint density at radius 3 is 2.50 bits per heavy atom. The molecule has 0 spiro atoms. The first-order chi connectivity index (χ1) is 12.5. The average molecular weight is 366 g/mol. The molecule has 7 nitrogen and oxygen atoms in total. The summed E-state index contributed by atoms with van der Waals surface area (Å²) in [7, 11) is 5.31. The SMILES string of the molecule is CN=C(NCc1c(C)nn(CCOC)c1C)NCC1(CCOC)CCC1. The Hall–Kier alpha value is -1.60. The molecule has 2 rings (SSSR count). The Balaban J connectivity index is 1.88. The minimum atomic E-state index is 0.366. The fraction of sp³-hybridized carbons (Fsp3) is 0.789. The molecule has 1 aromatic heterocycles. The fourth-order valence-corrected chi connectivity index (χ4v) is 3.56. The van der Waals surface area contributed by atoms with Gasteiger partial charge in [0.1, 0.15) is 0 Å². The number of aliphatic imine (C=N–C) groups is 1. The molecule has 1 fully saturated rings. The van der Waals surface area contributed by atoms with Gasteiger partial charge in [0.25, 0.3) is 0 Å². The van der Waals surface area contributed by atoms with Crippen LogP contribution in [0, 0.1) is 19.3 Å². The topological polar surface area (TPSA) is 72.7 Å². The number of hydrogen-bond donors (Lipinski definition) is 2. The zero-order chi connectivity index (χ0) is 19.0. The predicted octanol–water partition coefficient (Wildman–Crippen LogP) is 2.02. The lowest BCUT2D eigenvalue weighted by Gasteiger charge is -2.42. The van der Waals surface area contributed by atoms with Crippen LogP contribution in [0.3, 0.4) is 0 Å². The molecular weight excluding hydrogens is 330 g/mol. The number of nitrogens with one attached hydrogen (secondary N) is 2. The third-order valence-corrected chi connectivity index (χ3v) is 5.58. The molecule has 0 aliphatic heterocycles. The highest BCUT2D eigenvalue weighted by Crippen LogP contribution is 2.43. The van der Waals surface area contributed by atoms with Gasteiger partial charge in [0.2, 0.25) is 0 Å². The highest BCUT2D eigenvalue weighted by atomic mass is 16.5. The van der Waals surface area contributed by atoms with E-state index >= 15 is 0 Å². The summed E-state index contributed by atoms with van der Waals surface area (Å²) in [6.07, 6.45) is 4.96. The van der Waals surface area contributed by atoms with Crippen LogP contribution in [0.1, 0.15) is 42.6 Å². The van der Waals surface area contributed by atoms with Gasteiger partial charge in [0.15, 0.2) is 5.96 Å². The number of ether oxygens (including phenoxy) is 2. The van der Waals surface area contributed by atoms with E-state index in [9.17, 15) is 0 Å². The summed E-state index contributed by atoms with van der Waals surface area (Å²) in [5.41, 5.74) is 3.82. The van der Waals surface area contributed by atoms with Crippen molar-refractivity contribution in [1.82, 2.24) is 20.4 Å². The molecular formula is C19H35N5O2. The number of methoxy groups -OCH3 is 2. The second-order valence-electron chi connectivity index (χ2n) is 7.24. The number of nitrogens with zero attached hydrogens (tertiary/aromatic N) is 3. The molecule has 7 heteroatoms. The molecule has 1 saturated carbocycles. The predicted molar refractivity (Wildman–Crippen MR) is 105 cm³/mol. The second-order valence-corrected chi connectivity index (χ2v) is 7.24. The Morgan fingerprint density at radius 1 is 1.19 bits per heavy atom. The van der Waals surface area contributed by atoms with Gasteiger partial charge in [-0.15, -0.1) is 0 Å². The van der Waals surface area contributed by atoms with Gasteiger partial charge in [-0.05, 0) is 38.5 Å². The summed E-state index contributed by atoms with van der Waals surface area (Å²) in [6, 6.07) is 0. The van der Waals surface area contributed by atoms with Gasteiger partial charge < -0.3 is 20.1 Å². The molecule has 0 radical (unpaired) electrons. The Kier molecular flexibility index (Phi) is 7.90. The van der Waals surface area contributed by atoms with Gasteiger partial charge in [-0.2, -0.15) is 5.10 Å². The van der Waals surface area contributed by atoms with Crippen LogP contribution in [0.2, 0.25) is 0 Å². The van der Waals surface area contributed by atoms with Crippen molar-refractivity contribution in [3.05, 3.63) is 17.0 Å². The lowest BCUT2D eigenvalue weighted by atomic mass is 9.67. The Labute approximate surface area is 157 Å². The van der Waals surface area contributed by atoms with Crippen molar-refractivity contribution in [2.45, 2.75) is 52.6 Å².